The fourth-order valence-corrected chi connectivity index (χ4v) is 1.29. The minimum absolute atomic E-state index is 0. The van der Waals surface area contributed by atoms with Gasteiger partial charge in [-0.25, -0.2) is 29.1 Å². The van der Waals surface area contributed by atoms with Crippen molar-refractivity contribution in [1.82, 2.24) is 0 Å². The molecule has 0 atom stereocenters. The molecule has 3 heteroatoms. The van der Waals surface area contributed by atoms with Crippen LogP contribution < -0.4 is 0 Å². The zero-order valence-electron chi connectivity index (χ0n) is 11.0. The monoisotopic (exact) mass is 298 g/mol. The maximum atomic E-state index is 10.9. The van der Waals surface area contributed by atoms with Crippen molar-refractivity contribution in [3.05, 3.63) is 72.3 Å². The van der Waals surface area contributed by atoms with E-state index in [2.05, 4.69) is 6.58 Å². The zero-order chi connectivity index (χ0) is 13.2. The largest absolute Gasteiger partial charge is 2.00 e. The Kier molecular flexibility index (Phi) is 9.50. The molecule has 19 heavy (non-hydrogen) atoms. The van der Waals surface area contributed by atoms with Gasteiger partial charge in [0.1, 0.15) is 0 Å². The summed E-state index contributed by atoms with van der Waals surface area (Å²) in [7, 11) is 0. The molecule has 0 aliphatic heterocycles. The molecule has 2 rings (SSSR count). The van der Waals surface area contributed by atoms with Gasteiger partial charge in [0.15, 0.2) is 0 Å². The third kappa shape index (κ3) is 8.20. The van der Waals surface area contributed by atoms with Gasteiger partial charge >= 0.3 is 23.0 Å². The van der Waals surface area contributed by atoms with Crippen LogP contribution in [0, 0.1) is 0 Å². The summed E-state index contributed by atoms with van der Waals surface area (Å²) >= 11 is 0. The van der Waals surface area contributed by atoms with Gasteiger partial charge < -0.3 is 4.74 Å². The van der Waals surface area contributed by atoms with Gasteiger partial charge in [-0.1, -0.05) is 6.58 Å². The maximum absolute atomic E-state index is 10.9. The van der Waals surface area contributed by atoms with Gasteiger partial charge in [0.25, 0.3) is 0 Å². The first-order valence-electron chi connectivity index (χ1n) is 5.90. The van der Waals surface area contributed by atoms with Crippen LogP contribution in [-0.4, -0.2) is 12.6 Å². The second-order valence-corrected chi connectivity index (χ2v) is 3.92. The van der Waals surface area contributed by atoms with Crippen molar-refractivity contribution in [3.8, 4) is 0 Å². The van der Waals surface area contributed by atoms with Gasteiger partial charge in [0.2, 0.25) is 0 Å². The van der Waals surface area contributed by atoms with Crippen molar-refractivity contribution < 1.29 is 26.6 Å². The average molecular weight is 298 g/mol. The third-order valence-corrected chi connectivity index (χ3v) is 2.26. The molecular formula is C16H18FeO2. The second kappa shape index (κ2) is 10.4. The number of carbonyl (C=O) groups excluding carboxylic acids is 1. The molecule has 0 saturated carbocycles. The van der Waals surface area contributed by atoms with Crippen LogP contribution in [0.1, 0.15) is 12.5 Å². The van der Waals surface area contributed by atoms with Gasteiger partial charge in [-0.2, -0.15) is 35.9 Å². The Hall–Kier alpha value is -1.57. The SMILES string of the molecule is C=C(C)C(=O)OCC[c-]1cccc1.[Fe+2].c1cc[cH-]c1. The van der Waals surface area contributed by atoms with E-state index in [1.54, 1.807) is 6.92 Å². The molecule has 2 aromatic rings. The summed E-state index contributed by atoms with van der Waals surface area (Å²) < 4.78 is 4.94. The molecule has 0 spiro atoms. The Morgan fingerprint density at radius 2 is 1.79 bits per heavy atom. The standard InChI is InChI=1S/C11H13O2.C5H5.Fe/c1-9(2)11(12)13-8-7-10-5-3-4-6-10;1-2-4-5-3-1;/h3-6H,1,7-8H2,2H3;1-5H;/q2*-1;+2. The topological polar surface area (TPSA) is 26.3 Å². The van der Waals surface area contributed by atoms with Gasteiger partial charge in [-0.3, -0.25) is 0 Å². The van der Waals surface area contributed by atoms with E-state index in [-0.39, 0.29) is 23.0 Å². The molecule has 0 heterocycles. The summed E-state index contributed by atoms with van der Waals surface area (Å²) in [4.78, 5) is 10.9. The van der Waals surface area contributed by atoms with E-state index in [0.29, 0.717) is 12.2 Å². The molecule has 0 radical (unpaired) electrons. The van der Waals surface area contributed by atoms with E-state index in [1.165, 1.54) is 5.56 Å². The number of esters is 1. The molecule has 0 amide bonds. The van der Waals surface area contributed by atoms with Crippen LogP contribution in [0.25, 0.3) is 0 Å². The second-order valence-electron chi connectivity index (χ2n) is 3.92. The van der Waals surface area contributed by atoms with Crippen LogP contribution in [0.5, 0.6) is 0 Å². The van der Waals surface area contributed by atoms with Crippen molar-refractivity contribution in [1.29, 1.82) is 0 Å². The molecule has 0 unspecified atom stereocenters. The van der Waals surface area contributed by atoms with Crippen LogP contribution in [0.15, 0.2) is 66.7 Å². The molecule has 0 aliphatic rings. The molecule has 0 aromatic heterocycles. The molecule has 0 fully saturated rings. The number of hydrogen-bond acceptors (Lipinski definition) is 2. The minimum atomic E-state index is -0.313. The van der Waals surface area contributed by atoms with E-state index < -0.39 is 0 Å². The van der Waals surface area contributed by atoms with Crippen molar-refractivity contribution in [3.63, 3.8) is 0 Å². The normalized spacial score (nSPS) is 8.68. The van der Waals surface area contributed by atoms with E-state index >= 15 is 0 Å². The number of rotatable bonds is 4. The van der Waals surface area contributed by atoms with Crippen LogP contribution in [0.4, 0.5) is 0 Å². The number of hydrogen-bond donors (Lipinski definition) is 0. The molecular weight excluding hydrogens is 280 g/mol. The van der Waals surface area contributed by atoms with E-state index in [1.807, 2.05) is 54.6 Å². The molecule has 102 valence electrons. The van der Waals surface area contributed by atoms with Gasteiger partial charge in [0, 0.05) is 5.57 Å². The van der Waals surface area contributed by atoms with E-state index in [0.717, 1.165) is 6.42 Å². The van der Waals surface area contributed by atoms with Crippen molar-refractivity contribution >= 4 is 5.97 Å². The zero-order valence-corrected chi connectivity index (χ0v) is 12.1. The van der Waals surface area contributed by atoms with Crippen LogP contribution >= 0.6 is 0 Å². The summed E-state index contributed by atoms with van der Waals surface area (Å²) in [5.41, 5.74) is 1.64. The summed E-state index contributed by atoms with van der Waals surface area (Å²) in [6, 6.07) is 18.0. The average Bonchev–Trinajstić information content (AvgIpc) is 3.04. The third-order valence-electron chi connectivity index (χ3n) is 2.26. The summed E-state index contributed by atoms with van der Waals surface area (Å²) in [5.74, 6) is -0.313. The molecule has 0 aliphatic carbocycles. The predicted molar refractivity (Wildman–Crippen MR) is 73.5 cm³/mol. The van der Waals surface area contributed by atoms with E-state index in [9.17, 15) is 4.79 Å². The predicted octanol–water partition coefficient (Wildman–Crippen LogP) is 3.47. The Labute approximate surface area is 125 Å². The van der Waals surface area contributed by atoms with Crippen molar-refractivity contribution in [2.75, 3.05) is 6.61 Å². The van der Waals surface area contributed by atoms with Gasteiger partial charge in [0.05, 0.1) is 6.61 Å². The Bertz CT molecular complexity index is 424. The number of carbonyl (C=O) groups is 1. The summed E-state index contributed by atoms with van der Waals surface area (Å²) in [5, 5.41) is 0. The minimum Gasteiger partial charge on any atom is -0.463 e. The Morgan fingerprint density at radius 1 is 1.21 bits per heavy atom. The fourth-order valence-electron chi connectivity index (χ4n) is 1.29. The van der Waals surface area contributed by atoms with Crippen LogP contribution in [0.2, 0.25) is 0 Å². The molecule has 2 nitrogen and oxygen atoms in total. The van der Waals surface area contributed by atoms with E-state index in [4.69, 9.17) is 4.74 Å². The summed E-state index contributed by atoms with van der Waals surface area (Å²) in [6.45, 7) is 5.57. The Morgan fingerprint density at radius 3 is 2.21 bits per heavy atom. The van der Waals surface area contributed by atoms with Crippen molar-refractivity contribution in [2.24, 2.45) is 0 Å². The first-order valence-corrected chi connectivity index (χ1v) is 5.90. The molecule has 0 bridgehead atoms. The first-order chi connectivity index (χ1) is 8.70. The Balaban J connectivity index is 0.000000454. The van der Waals surface area contributed by atoms with Gasteiger partial charge in [-0.15, -0.1) is 0 Å². The first kappa shape index (κ1) is 17.4. The quantitative estimate of drug-likeness (QED) is 0.374. The molecule has 0 N–H and O–H groups in total. The smallest absolute Gasteiger partial charge is 0.463 e. The maximum Gasteiger partial charge on any atom is 2.00 e. The molecule has 0 saturated heterocycles. The van der Waals surface area contributed by atoms with Crippen LogP contribution in [-0.2, 0) is 33.0 Å². The molecule has 2 aromatic carbocycles. The summed E-state index contributed by atoms with van der Waals surface area (Å²) in [6.07, 6.45) is 0.770. The number of ether oxygens (including phenoxy) is 1. The van der Waals surface area contributed by atoms with Gasteiger partial charge in [-0.05, 0) is 13.3 Å². The van der Waals surface area contributed by atoms with Crippen molar-refractivity contribution in [2.45, 2.75) is 13.3 Å². The van der Waals surface area contributed by atoms with Crippen LogP contribution in [0.3, 0.4) is 0 Å². The fraction of sp³-hybridized carbons (Fsp3) is 0.188.